The van der Waals surface area contributed by atoms with Gasteiger partial charge in [-0.05, 0) is 6.42 Å². The fraction of sp³-hybridized carbons (Fsp3) is 0.571. The lowest BCUT2D eigenvalue weighted by molar-refractivity contribution is 0.274. The quantitative estimate of drug-likeness (QED) is 0.635. The number of aliphatic hydroxyl groups is 1. The Kier molecular flexibility index (Phi) is 2.62. The molecule has 0 aliphatic heterocycles. The zero-order valence-electron chi connectivity index (χ0n) is 6.57. The van der Waals surface area contributed by atoms with Crippen molar-refractivity contribution in [2.75, 3.05) is 6.61 Å². The van der Waals surface area contributed by atoms with Crippen molar-refractivity contribution in [2.45, 2.75) is 12.5 Å². The summed E-state index contributed by atoms with van der Waals surface area (Å²) in [6, 6.07) is -0.153. The Labute approximate surface area is 65.7 Å². The zero-order valence-corrected chi connectivity index (χ0v) is 6.57. The number of imidazole rings is 1. The average Bonchev–Trinajstić information content (AvgIpc) is 2.36. The summed E-state index contributed by atoms with van der Waals surface area (Å²) in [6.45, 7) is 0.105. The van der Waals surface area contributed by atoms with Crippen LogP contribution in [0.5, 0.6) is 0 Å². The van der Waals surface area contributed by atoms with E-state index in [1.54, 1.807) is 6.20 Å². The first-order chi connectivity index (χ1) is 5.25. The van der Waals surface area contributed by atoms with E-state index in [0.29, 0.717) is 6.42 Å². The molecule has 4 heteroatoms. The smallest absolute Gasteiger partial charge is 0.125 e. The van der Waals surface area contributed by atoms with Crippen LogP contribution < -0.4 is 5.73 Å². The highest BCUT2D eigenvalue weighted by Crippen LogP contribution is 2.09. The maximum absolute atomic E-state index is 8.61. The fourth-order valence-electron chi connectivity index (χ4n) is 1.00. The van der Waals surface area contributed by atoms with E-state index in [2.05, 4.69) is 4.98 Å². The molecule has 1 aromatic heterocycles. The van der Waals surface area contributed by atoms with Crippen molar-refractivity contribution in [3.05, 3.63) is 18.2 Å². The molecule has 0 saturated heterocycles. The van der Waals surface area contributed by atoms with Gasteiger partial charge in [0.2, 0.25) is 0 Å². The van der Waals surface area contributed by atoms with E-state index in [1.165, 1.54) is 0 Å². The molecule has 62 valence electrons. The number of nitrogens with zero attached hydrogens (tertiary/aromatic N) is 2. The maximum Gasteiger partial charge on any atom is 0.125 e. The molecule has 11 heavy (non-hydrogen) atoms. The van der Waals surface area contributed by atoms with Gasteiger partial charge in [0, 0.05) is 26.0 Å². The summed E-state index contributed by atoms with van der Waals surface area (Å²) < 4.78 is 1.86. The standard InChI is InChI=1S/C7H13N3O/c1-10-4-3-9-7(10)6(8)2-5-11/h3-4,6,11H,2,5,8H2,1H3. The molecule has 1 heterocycles. The number of hydrogen-bond donors (Lipinski definition) is 2. The predicted octanol–water partition coefficient (Wildman–Crippen LogP) is -0.198. The van der Waals surface area contributed by atoms with Crippen molar-refractivity contribution in [1.29, 1.82) is 0 Å². The molecule has 0 saturated carbocycles. The lowest BCUT2D eigenvalue weighted by atomic mass is 10.2. The van der Waals surface area contributed by atoms with Gasteiger partial charge in [0.05, 0.1) is 6.04 Å². The molecule has 0 bridgehead atoms. The molecule has 0 fully saturated rings. The van der Waals surface area contributed by atoms with Crippen LogP contribution in [0.1, 0.15) is 18.3 Å². The Balaban J connectivity index is 2.67. The molecule has 0 spiro atoms. The molecule has 0 aliphatic carbocycles. The Bertz CT molecular complexity index is 221. The van der Waals surface area contributed by atoms with Gasteiger partial charge in [0.1, 0.15) is 5.82 Å². The summed E-state index contributed by atoms with van der Waals surface area (Å²) >= 11 is 0. The monoisotopic (exact) mass is 155 g/mol. The molecule has 1 aromatic rings. The van der Waals surface area contributed by atoms with Gasteiger partial charge in [-0.15, -0.1) is 0 Å². The van der Waals surface area contributed by atoms with Crippen molar-refractivity contribution < 1.29 is 5.11 Å². The second kappa shape index (κ2) is 3.50. The maximum atomic E-state index is 8.61. The van der Waals surface area contributed by atoms with E-state index >= 15 is 0 Å². The first kappa shape index (κ1) is 8.23. The van der Waals surface area contributed by atoms with E-state index in [0.717, 1.165) is 5.82 Å². The summed E-state index contributed by atoms with van der Waals surface area (Å²) in [5, 5.41) is 8.61. The molecule has 0 aromatic carbocycles. The topological polar surface area (TPSA) is 64.1 Å². The largest absolute Gasteiger partial charge is 0.396 e. The minimum atomic E-state index is -0.153. The average molecular weight is 155 g/mol. The zero-order chi connectivity index (χ0) is 8.27. The van der Waals surface area contributed by atoms with E-state index in [-0.39, 0.29) is 12.6 Å². The first-order valence-corrected chi connectivity index (χ1v) is 3.59. The van der Waals surface area contributed by atoms with E-state index < -0.39 is 0 Å². The molecule has 0 amide bonds. The number of aryl methyl sites for hydroxylation is 1. The third kappa shape index (κ3) is 1.78. The SMILES string of the molecule is Cn1ccnc1C(N)CCO. The molecule has 1 atom stereocenters. The fourth-order valence-corrected chi connectivity index (χ4v) is 1.00. The van der Waals surface area contributed by atoms with Crippen LogP contribution in [-0.2, 0) is 7.05 Å². The van der Waals surface area contributed by atoms with E-state index in [1.807, 2.05) is 17.8 Å². The van der Waals surface area contributed by atoms with Gasteiger partial charge in [-0.2, -0.15) is 0 Å². The molecule has 3 N–H and O–H groups in total. The van der Waals surface area contributed by atoms with Gasteiger partial charge in [-0.1, -0.05) is 0 Å². The molecule has 1 rings (SSSR count). The van der Waals surface area contributed by atoms with Gasteiger partial charge < -0.3 is 15.4 Å². The lowest BCUT2D eigenvalue weighted by Crippen LogP contribution is -2.16. The highest BCUT2D eigenvalue weighted by Gasteiger charge is 2.08. The summed E-state index contributed by atoms with van der Waals surface area (Å²) in [5.74, 6) is 0.819. The number of aromatic nitrogens is 2. The highest BCUT2D eigenvalue weighted by atomic mass is 16.3. The molecular weight excluding hydrogens is 142 g/mol. The van der Waals surface area contributed by atoms with Crippen LogP contribution in [0.4, 0.5) is 0 Å². The van der Waals surface area contributed by atoms with E-state index in [4.69, 9.17) is 10.8 Å². The van der Waals surface area contributed by atoms with Gasteiger partial charge in [0.15, 0.2) is 0 Å². The molecule has 0 aliphatic rings. The Morgan fingerprint density at radius 1 is 1.82 bits per heavy atom. The van der Waals surface area contributed by atoms with Crippen LogP contribution in [0.25, 0.3) is 0 Å². The summed E-state index contributed by atoms with van der Waals surface area (Å²) in [5.41, 5.74) is 5.71. The van der Waals surface area contributed by atoms with Crippen LogP contribution >= 0.6 is 0 Å². The number of nitrogens with two attached hydrogens (primary N) is 1. The van der Waals surface area contributed by atoms with Crippen molar-refractivity contribution >= 4 is 0 Å². The summed E-state index contributed by atoms with van der Waals surface area (Å²) in [4.78, 5) is 4.06. The van der Waals surface area contributed by atoms with E-state index in [9.17, 15) is 0 Å². The minimum Gasteiger partial charge on any atom is -0.396 e. The summed E-state index contributed by atoms with van der Waals surface area (Å²) in [6.07, 6.45) is 4.10. The molecule has 1 unspecified atom stereocenters. The van der Waals surface area contributed by atoms with Crippen molar-refractivity contribution in [3.8, 4) is 0 Å². The Morgan fingerprint density at radius 2 is 2.55 bits per heavy atom. The van der Waals surface area contributed by atoms with Gasteiger partial charge in [-0.25, -0.2) is 4.98 Å². The first-order valence-electron chi connectivity index (χ1n) is 3.59. The van der Waals surface area contributed by atoms with Gasteiger partial charge in [-0.3, -0.25) is 0 Å². The van der Waals surface area contributed by atoms with Crippen LogP contribution in [0, 0.1) is 0 Å². The van der Waals surface area contributed by atoms with Crippen LogP contribution in [0.15, 0.2) is 12.4 Å². The van der Waals surface area contributed by atoms with Crippen LogP contribution in [0.3, 0.4) is 0 Å². The Morgan fingerprint density at radius 3 is 3.00 bits per heavy atom. The van der Waals surface area contributed by atoms with Gasteiger partial charge in [0.25, 0.3) is 0 Å². The Hall–Kier alpha value is -0.870. The molecule has 0 radical (unpaired) electrons. The molecule has 4 nitrogen and oxygen atoms in total. The number of aliphatic hydroxyl groups excluding tert-OH is 1. The van der Waals surface area contributed by atoms with Crippen molar-refractivity contribution in [3.63, 3.8) is 0 Å². The van der Waals surface area contributed by atoms with Crippen LogP contribution in [-0.4, -0.2) is 21.3 Å². The highest BCUT2D eigenvalue weighted by molar-refractivity contribution is 4.97. The minimum absolute atomic E-state index is 0.105. The van der Waals surface area contributed by atoms with Crippen molar-refractivity contribution in [2.24, 2.45) is 12.8 Å². The lowest BCUT2D eigenvalue weighted by Gasteiger charge is -2.08. The number of rotatable bonds is 3. The molecular formula is C7H13N3O. The second-order valence-corrected chi connectivity index (χ2v) is 2.52. The normalized spacial score (nSPS) is 13.4. The van der Waals surface area contributed by atoms with Crippen molar-refractivity contribution in [1.82, 2.24) is 9.55 Å². The summed E-state index contributed by atoms with van der Waals surface area (Å²) in [7, 11) is 1.89. The third-order valence-electron chi connectivity index (χ3n) is 1.63. The second-order valence-electron chi connectivity index (χ2n) is 2.52. The van der Waals surface area contributed by atoms with Gasteiger partial charge >= 0.3 is 0 Å². The van der Waals surface area contributed by atoms with Crippen LogP contribution in [0.2, 0.25) is 0 Å². The predicted molar refractivity (Wildman–Crippen MR) is 41.8 cm³/mol. The number of hydrogen-bond acceptors (Lipinski definition) is 3. The third-order valence-corrected chi connectivity index (χ3v) is 1.63.